The van der Waals surface area contributed by atoms with Crippen molar-refractivity contribution < 1.29 is 13.3 Å². The second-order valence-corrected chi connectivity index (χ2v) is 8.67. The monoisotopic (exact) mass is 437 g/mol. The van der Waals surface area contributed by atoms with Gasteiger partial charge in [0.15, 0.2) is 5.96 Å². The zero-order valence-electron chi connectivity index (χ0n) is 15.9. The number of non-ortho nitro benzene ring substituents is 1. The molecular formula is C18H23N5O4S2. The minimum atomic E-state index is -3.83. The average Bonchev–Trinajstić information content (AvgIpc) is 2.73. The molecule has 0 heterocycles. The van der Waals surface area contributed by atoms with E-state index in [-0.39, 0.29) is 17.1 Å². The van der Waals surface area contributed by atoms with E-state index in [0.29, 0.717) is 19.0 Å². The van der Waals surface area contributed by atoms with Crippen molar-refractivity contribution in [2.45, 2.75) is 9.79 Å². The Morgan fingerprint density at radius 1 is 1.07 bits per heavy atom. The van der Waals surface area contributed by atoms with Gasteiger partial charge in [0.1, 0.15) is 0 Å². The van der Waals surface area contributed by atoms with E-state index in [4.69, 9.17) is 0 Å². The molecule has 156 valence electrons. The number of benzene rings is 2. The molecule has 11 heteroatoms. The Kier molecular flexibility index (Phi) is 8.90. The van der Waals surface area contributed by atoms with Crippen molar-refractivity contribution in [2.24, 2.45) is 4.99 Å². The van der Waals surface area contributed by atoms with Gasteiger partial charge >= 0.3 is 0 Å². The summed E-state index contributed by atoms with van der Waals surface area (Å²) in [6.07, 6.45) is 0. The van der Waals surface area contributed by atoms with Crippen molar-refractivity contribution in [3.63, 3.8) is 0 Å². The Bertz CT molecular complexity index is 936. The molecule has 0 aliphatic carbocycles. The molecule has 2 aromatic carbocycles. The minimum absolute atomic E-state index is 0.102. The molecular weight excluding hydrogens is 414 g/mol. The molecule has 0 bridgehead atoms. The summed E-state index contributed by atoms with van der Waals surface area (Å²) in [6.45, 7) is 1.10. The van der Waals surface area contributed by atoms with Crippen molar-refractivity contribution >= 4 is 33.4 Å². The molecule has 0 saturated heterocycles. The second-order valence-electron chi connectivity index (χ2n) is 5.74. The SMILES string of the molecule is CN=C(NCCNS(=O)(=O)c1cccc([N+](=O)[O-])c1)NCCSc1ccccc1. The molecule has 0 fully saturated rings. The van der Waals surface area contributed by atoms with E-state index in [1.807, 2.05) is 30.3 Å². The lowest BCUT2D eigenvalue weighted by Crippen LogP contribution is -2.42. The summed E-state index contributed by atoms with van der Waals surface area (Å²) in [5.74, 6) is 1.41. The third-order valence-electron chi connectivity index (χ3n) is 3.68. The van der Waals surface area contributed by atoms with Crippen molar-refractivity contribution in [3.8, 4) is 0 Å². The lowest BCUT2D eigenvalue weighted by atomic mass is 10.3. The average molecular weight is 438 g/mol. The molecule has 0 aromatic heterocycles. The smallest absolute Gasteiger partial charge is 0.270 e. The summed E-state index contributed by atoms with van der Waals surface area (Å²) >= 11 is 1.72. The van der Waals surface area contributed by atoms with E-state index < -0.39 is 14.9 Å². The van der Waals surface area contributed by atoms with Crippen LogP contribution in [-0.4, -0.2) is 51.7 Å². The van der Waals surface area contributed by atoms with Crippen LogP contribution in [0.4, 0.5) is 5.69 Å². The van der Waals surface area contributed by atoms with Crippen LogP contribution in [0, 0.1) is 10.1 Å². The van der Waals surface area contributed by atoms with Crippen LogP contribution < -0.4 is 15.4 Å². The van der Waals surface area contributed by atoms with Gasteiger partial charge in [-0.3, -0.25) is 15.1 Å². The van der Waals surface area contributed by atoms with Gasteiger partial charge in [-0.1, -0.05) is 24.3 Å². The predicted octanol–water partition coefficient (Wildman–Crippen LogP) is 1.83. The standard InChI is InChI=1S/C18H23N5O4S2/c1-19-18(21-12-13-28-16-7-3-2-4-8-16)20-10-11-22-29(26,27)17-9-5-6-15(14-17)23(24)25/h2-9,14,22H,10-13H2,1H3,(H2,19,20,21). The Morgan fingerprint density at radius 2 is 1.79 bits per heavy atom. The van der Waals surface area contributed by atoms with E-state index in [9.17, 15) is 18.5 Å². The van der Waals surface area contributed by atoms with Gasteiger partial charge in [-0.25, -0.2) is 13.1 Å². The van der Waals surface area contributed by atoms with E-state index in [1.54, 1.807) is 18.8 Å². The van der Waals surface area contributed by atoms with Crippen LogP contribution in [0.1, 0.15) is 0 Å². The normalized spacial score (nSPS) is 11.8. The fraction of sp³-hybridized carbons (Fsp3) is 0.278. The molecule has 0 aliphatic rings. The largest absolute Gasteiger partial charge is 0.356 e. The number of hydrogen-bond acceptors (Lipinski definition) is 6. The van der Waals surface area contributed by atoms with Crippen LogP contribution >= 0.6 is 11.8 Å². The van der Waals surface area contributed by atoms with E-state index in [0.717, 1.165) is 11.8 Å². The van der Waals surface area contributed by atoms with Gasteiger partial charge in [-0.2, -0.15) is 0 Å². The molecule has 2 aromatic rings. The quantitative estimate of drug-likeness (QED) is 0.129. The minimum Gasteiger partial charge on any atom is -0.356 e. The van der Waals surface area contributed by atoms with Gasteiger partial charge in [0.25, 0.3) is 5.69 Å². The maximum absolute atomic E-state index is 12.3. The molecule has 0 radical (unpaired) electrons. The van der Waals surface area contributed by atoms with Crippen LogP contribution in [0.25, 0.3) is 0 Å². The lowest BCUT2D eigenvalue weighted by molar-refractivity contribution is -0.385. The van der Waals surface area contributed by atoms with Gasteiger partial charge < -0.3 is 10.6 Å². The van der Waals surface area contributed by atoms with Crippen LogP contribution in [-0.2, 0) is 10.0 Å². The van der Waals surface area contributed by atoms with E-state index in [1.165, 1.54) is 23.1 Å². The Labute approximate surface area is 174 Å². The van der Waals surface area contributed by atoms with Gasteiger partial charge in [-0.05, 0) is 18.2 Å². The maximum atomic E-state index is 12.3. The molecule has 0 saturated carbocycles. The molecule has 29 heavy (non-hydrogen) atoms. The maximum Gasteiger partial charge on any atom is 0.270 e. The third-order valence-corrected chi connectivity index (χ3v) is 6.15. The van der Waals surface area contributed by atoms with Gasteiger partial charge in [0.05, 0.1) is 9.82 Å². The number of sulfonamides is 1. The highest BCUT2D eigenvalue weighted by molar-refractivity contribution is 7.99. The number of thioether (sulfide) groups is 1. The highest BCUT2D eigenvalue weighted by atomic mass is 32.2. The summed E-state index contributed by atoms with van der Waals surface area (Å²) in [5, 5.41) is 17.0. The number of nitrogens with zero attached hydrogens (tertiary/aromatic N) is 2. The van der Waals surface area contributed by atoms with Crippen molar-refractivity contribution in [3.05, 3.63) is 64.7 Å². The number of aliphatic imine (C=N–C) groups is 1. The van der Waals surface area contributed by atoms with E-state index in [2.05, 4.69) is 20.3 Å². The highest BCUT2D eigenvalue weighted by Crippen LogP contribution is 2.17. The topological polar surface area (TPSA) is 126 Å². The summed E-state index contributed by atoms with van der Waals surface area (Å²) in [4.78, 5) is 15.3. The predicted molar refractivity (Wildman–Crippen MR) is 115 cm³/mol. The first-order valence-electron chi connectivity index (χ1n) is 8.79. The third kappa shape index (κ3) is 7.72. The number of nitro benzene ring substituents is 1. The number of guanidine groups is 1. The van der Waals surface area contributed by atoms with Gasteiger partial charge in [0, 0.05) is 49.5 Å². The summed E-state index contributed by atoms with van der Waals surface area (Å²) in [7, 11) is -2.20. The zero-order valence-corrected chi connectivity index (χ0v) is 17.5. The van der Waals surface area contributed by atoms with Crippen molar-refractivity contribution in [2.75, 3.05) is 32.4 Å². The van der Waals surface area contributed by atoms with Crippen molar-refractivity contribution in [1.82, 2.24) is 15.4 Å². The Morgan fingerprint density at radius 3 is 2.48 bits per heavy atom. The van der Waals surface area contributed by atoms with E-state index >= 15 is 0 Å². The molecule has 2 rings (SSSR count). The lowest BCUT2D eigenvalue weighted by Gasteiger charge is -2.12. The number of rotatable bonds is 10. The first-order valence-corrected chi connectivity index (χ1v) is 11.3. The van der Waals surface area contributed by atoms with Gasteiger partial charge in [-0.15, -0.1) is 11.8 Å². The molecule has 0 aliphatic heterocycles. The summed E-state index contributed by atoms with van der Waals surface area (Å²) in [6, 6.07) is 15.0. The highest BCUT2D eigenvalue weighted by Gasteiger charge is 2.16. The molecule has 9 nitrogen and oxygen atoms in total. The molecule has 0 atom stereocenters. The van der Waals surface area contributed by atoms with Crippen LogP contribution in [0.2, 0.25) is 0 Å². The fourth-order valence-electron chi connectivity index (χ4n) is 2.29. The zero-order chi connectivity index (χ0) is 21.1. The molecule has 0 unspecified atom stereocenters. The van der Waals surface area contributed by atoms with Crippen LogP contribution in [0.15, 0.2) is 69.4 Å². The second kappa shape index (κ2) is 11.4. The first kappa shape index (κ1) is 22.7. The number of nitro groups is 1. The van der Waals surface area contributed by atoms with Crippen LogP contribution in [0.5, 0.6) is 0 Å². The summed E-state index contributed by atoms with van der Waals surface area (Å²) in [5.41, 5.74) is -0.274. The molecule has 0 amide bonds. The summed E-state index contributed by atoms with van der Waals surface area (Å²) < 4.78 is 26.9. The molecule has 3 N–H and O–H groups in total. The Balaban J connectivity index is 1.72. The van der Waals surface area contributed by atoms with Gasteiger partial charge in [0.2, 0.25) is 10.0 Å². The Hall–Kier alpha value is -2.63. The first-order chi connectivity index (χ1) is 13.9. The fourth-order valence-corrected chi connectivity index (χ4v) is 4.15. The number of hydrogen-bond donors (Lipinski definition) is 3. The number of nitrogens with one attached hydrogen (secondary N) is 3. The molecule has 0 spiro atoms. The van der Waals surface area contributed by atoms with Crippen LogP contribution in [0.3, 0.4) is 0 Å². The van der Waals surface area contributed by atoms with Crippen molar-refractivity contribution in [1.29, 1.82) is 0 Å².